The number of rotatable bonds is 3. The van der Waals surface area contributed by atoms with E-state index in [4.69, 9.17) is 4.74 Å². The number of carbonyl (C=O) groups excluding carboxylic acids is 1. The Labute approximate surface area is 120 Å². The van der Waals surface area contributed by atoms with E-state index in [1.165, 1.54) is 5.56 Å². The fraction of sp³-hybridized carbons (Fsp3) is 0.588. The Morgan fingerprint density at radius 2 is 2.05 bits per heavy atom. The number of benzene rings is 1. The highest BCUT2D eigenvalue weighted by atomic mass is 16.5. The molecule has 0 unspecified atom stereocenters. The van der Waals surface area contributed by atoms with Crippen molar-refractivity contribution in [3.05, 3.63) is 35.9 Å². The lowest BCUT2D eigenvalue weighted by Gasteiger charge is -2.45. The van der Waals surface area contributed by atoms with Crippen molar-refractivity contribution < 1.29 is 9.53 Å². The van der Waals surface area contributed by atoms with E-state index in [1.807, 2.05) is 6.07 Å². The Hall–Kier alpha value is -1.35. The van der Waals surface area contributed by atoms with Crippen molar-refractivity contribution in [2.45, 2.75) is 45.3 Å². The van der Waals surface area contributed by atoms with Crippen LogP contribution in [-0.2, 0) is 16.1 Å². The topological polar surface area (TPSA) is 29.5 Å². The lowest BCUT2D eigenvalue weighted by Crippen LogP contribution is -2.54. The van der Waals surface area contributed by atoms with Crippen molar-refractivity contribution in [1.29, 1.82) is 0 Å². The number of carbonyl (C=O) groups is 1. The van der Waals surface area contributed by atoms with Crippen LogP contribution < -0.4 is 0 Å². The van der Waals surface area contributed by atoms with Gasteiger partial charge in [-0.3, -0.25) is 9.69 Å². The smallest absolute Gasteiger partial charge is 0.323 e. The van der Waals surface area contributed by atoms with Gasteiger partial charge in [-0.15, -0.1) is 0 Å². The van der Waals surface area contributed by atoms with Crippen LogP contribution in [0, 0.1) is 11.8 Å². The Morgan fingerprint density at radius 3 is 2.75 bits per heavy atom. The first kappa shape index (κ1) is 13.6. The first-order valence-electron chi connectivity index (χ1n) is 7.67. The number of cyclic esters (lactones) is 1. The molecule has 2 aliphatic heterocycles. The molecule has 2 heterocycles. The number of esters is 1. The molecule has 108 valence electrons. The number of nitrogens with zero attached hydrogens (tertiary/aromatic N) is 1. The third-order valence-corrected chi connectivity index (χ3v) is 4.87. The van der Waals surface area contributed by atoms with Crippen molar-refractivity contribution in [1.82, 2.24) is 4.90 Å². The summed E-state index contributed by atoms with van der Waals surface area (Å²) in [7, 11) is 0. The average Bonchev–Trinajstić information content (AvgIpc) is 2.81. The van der Waals surface area contributed by atoms with Crippen molar-refractivity contribution in [2.75, 3.05) is 6.61 Å². The van der Waals surface area contributed by atoms with Gasteiger partial charge in [-0.05, 0) is 24.3 Å². The second-order valence-electron chi connectivity index (χ2n) is 6.18. The van der Waals surface area contributed by atoms with Gasteiger partial charge in [-0.1, -0.05) is 44.2 Å². The molecule has 2 aliphatic rings. The number of piperidine rings is 1. The van der Waals surface area contributed by atoms with Gasteiger partial charge >= 0.3 is 5.97 Å². The minimum atomic E-state index is -0.0312. The Bertz CT molecular complexity index is 473. The highest BCUT2D eigenvalue weighted by molar-refractivity contribution is 5.78. The molecule has 0 radical (unpaired) electrons. The largest absolute Gasteiger partial charge is 0.464 e. The summed E-state index contributed by atoms with van der Waals surface area (Å²) in [5.74, 6) is 0.986. The van der Waals surface area contributed by atoms with E-state index in [9.17, 15) is 4.79 Å². The lowest BCUT2D eigenvalue weighted by atomic mass is 9.79. The molecule has 0 bridgehead atoms. The fourth-order valence-electron chi connectivity index (χ4n) is 3.98. The van der Waals surface area contributed by atoms with E-state index in [0.717, 1.165) is 19.4 Å². The highest BCUT2D eigenvalue weighted by Crippen LogP contribution is 2.38. The molecule has 0 aliphatic carbocycles. The summed E-state index contributed by atoms with van der Waals surface area (Å²) >= 11 is 0. The SMILES string of the molecule is CC[C@H]1[C@@H](C)C[C@@H]2COC(=O)[C@@H]2N1Cc1ccccc1. The summed E-state index contributed by atoms with van der Waals surface area (Å²) in [6.07, 6.45) is 2.20. The van der Waals surface area contributed by atoms with Crippen LogP contribution in [0.1, 0.15) is 32.3 Å². The van der Waals surface area contributed by atoms with Crippen molar-refractivity contribution in [3.63, 3.8) is 0 Å². The number of likely N-dealkylation sites (tertiary alicyclic amines) is 1. The maximum Gasteiger partial charge on any atom is 0.323 e. The molecule has 0 N–H and O–H groups in total. The quantitative estimate of drug-likeness (QED) is 0.793. The minimum absolute atomic E-state index is 0.0173. The predicted octanol–water partition coefficient (Wildman–Crippen LogP) is 2.85. The van der Waals surface area contributed by atoms with Crippen molar-refractivity contribution in [3.8, 4) is 0 Å². The second-order valence-corrected chi connectivity index (χ2v) is 6.18. The lowest BCUT2D eigenvalue weighted by molar-refractivity contribution is -0.144. The fourth-order valence-corrected chi connectivity index (χ4v) is 3.98. The zero-order valence-corrected chi connectivity index (χ0v) is 12.3. The van der Waals surface area contributed by atoms with Gasteiger partial charge in [0.15, 0.2) is 0 Å². The first-order valence-corrected chi connectivity index (χ1v) is 7.67. The standard InChI is InChI=1S/C17H23NO2/c1-3-15-12(2)9-14-11-20-17(19)16(14)18(15)10-13-7-5-4-6-8-13/h4-8,12,14-16H,3,9-11H2,1-2H3/t12-,14+,15-,16+/m0/s1. The maximum atomic E-state index is 12.1. The Balaban J connectivity index is 1.87. The summed E-state index contributed by atoms with van der Waals surface area (Å²) in [5, 5.41) is 0. The van der Waals surface area contributed by atoms with Gasteiger partial charge in [-0.25, -0.2) is 0 Å². The van der Waals surface area contributed by atoms with E-state index in [1.54, 1.807) is 0 Å². The van der Waals surface area contributed by atoms with Gasteiger partial charge in [0.1, 0.15) is 6.04 Å². The summed E-state index contributed by atoms with van der Waals surface area (Å²) in [6, 6.07) is 10.9. The Kier molecular flexibility index (Phi) is 3.79. The van der Waals surface area contributed by atoms with Gasteiger partial charge in [0, 0.05) is 18.5 Å². The van der Waals surface area contributed by atoms with E-state index < -0.39 is 0 Å². The van der Waals surface area contributed by atoms with E-state index in [2.05, 4.69) is 43.0 Å². The van der Waals surface area contributed by atoms with Crippen molar-refractivity contribution in [2.24, 2.45) is 11.8 Å². The minimum Gasteiger partial charge on any atom is -0.464 e. The van der Waals surface area contributed by atoms with Crippen LogP contribution in [0.5, 0.6) is 0 Å². The summed E-state index contributed by atoms with van der Waals surface area (Å²) in [4.78, 5) is 14.5. The third kappa shape index (κ3) is 2.35. The number of hydrogen-bond donors (Lipinski definition) is 0. The third-order valence-electron chi connectivity index (χ3n) is 4.87. The molecule has 2 fully saturated rings. The summed E-state index contributed by atoms with van der Waals surface area (Å²) in [6.45, 7) is 5.99. The molecule has 1 aromatic rings. The van der Waals surface area contributed by atoms with Gasteiger partial charge in [0.25, 0.3) is 0 Å². The summed E-state index contributed by atoms with van der Waals surface area (Å²) in [5.41, 5.74) is 1.28. The molecule has 20 heavy (non-hydrogen) atoms. The summed E-state index contributed by atoms with van der Waals surface area (Å²) < 4.78 is 5.33. The molecule has 0 saturated carbocycles. The van der Waals surface area contributed by atoms with Crippen LogP contribution in [-0.4, -0.2) is 29.6 Å². The van der Waals surface area contributed by atoms with E-state index in [0.29, 0.717) is 24.5 Å². The monoisotopic (exact) mass is 273 g/mol. The molecule has 3 nitrogen and oxygen atoms in total. The molecular formula is C17H23NO2. The number of ether oxygens (including phenoxy) is 1. The molecular weight excluding hydrogens is 250 g/mol. The number of fused-ring (bicyclic) bond motifs is 1. The van der Waals surface area contributed by atoms with Gasteiger partial charge in [0.05, 0.1) is 6.61 Å². The molecule has 1 aromatic carbocycles. The highest BCUT2D eigenvalue weighted by Gasteiger charge is 2.48. The van der Waals surface area contributed by atoms with E-state index >= 15 is 0 Å². The molecule has 0 spiro atoms. The zero-order valence-electron chi connectivity index (χ0n) is 12.3. The first-order chi connectivity index (χ1) is 9.70. The van der Waals surface area contributed by atoms with Crippen LogP contribution in [0.4, 0.5) is 0 Å². The predicted molar refractivity (Wildman–Crippen MR) is 78.1 cm³/mol. The zero-order chi connectivity index (χ0) is 14.1. The van der Waals surface area contributed by atoms with Crippen molar-refractivity contribution >= 4 is 5.97 Å². The maximum absolute atomic E-state index is 12.1. The van der Waals surface area contributed by atoms with E-state index in [-0.39, 0.29) is 12.0 Å². The normalized spacial score (nSPS) is 33.8. The van der Waals surface area contributed by atoms with Gasteiger partial charge < -0.3 is 4.74 Å². The van der Waals surface area contributed by atoms with Gasteiger partial charge in [-0.2, -0.15) is 0 Å². The molecule has 2 saturated heterocycles. The molecule has 0 aromatic heterocycles. The van der Waals surface area contributed by atoms with Crippen LogP contribution in [0.2, 0.25) is 0 Å². The van der Waals surface area contributed by atoms with Crippen LogP contribution in [0.25, 0.3) is 0 Å². The number of hydrogen-bond acceptors (Lipinski definition) is 3. The van der Waals surface area contributed by atoms with Crippen LogP contribution in [0.15, 0.2) is 30.3 Å². The Morgan fingerprint density at radius 1 is 1.30 bits per heavy atom. The van der Waals surface area contributed by atoms with Gasteiger partial charge in [0.2, 0.25) is 0 Å². The van der Waals surface area contributed by atoms with Crippen LogP contribution >= 0.6 is 0 Å². The average molecular weight is 273 g/mol. The molecule has 4 atom stereocenters. The van der Waals surface area contributed by atoms with Crippen LogP contribution in [0.3, 0.4) is 0 Å². The molecule has 0 amide bonds. The molecule has 3 rings (SSSR count). The second kappa shape index (κ2) is 5.57. The molecule has 3 heteroatoms.